The van der Waals surface area contributed by atoms with E-state index in [4.69, 9.17) is 47.4 Å². The summed E-state index contributed by atoms with van der Waals surface area (Å²) in [5, 5.41) is 0. The summed E-state index contributed by atoms with van der Waals surface area (Å²) in [5.41, 5.74) is 0. The molecule has 0 aromatic carbocycles. The van der Waals surface area contributed by atoms with E-state index >= 15 is 0 Å². The third-order valence-corrected chi connectivity index (χ3v) is 5.84. The van der Waals surface area contributed by atoms with Crippen molar-refractivity contribution in [1.82, 2.24) is 0 Å². The van der Waals surface area contributed by atoms with Crippen molar-refractivity contribution in [3.63, 3.8) is 0 Å². The number of hydrogen-bond donors (Lipinski definition) is 0. The van der Waals surface area contributed by atoms with Crippen LogP contribution in [0.5, 0.6) is 0 Å². The summed E-state index contributed by atoms with van der Waals surface area (Å²) < 4.78 is 54.8. The van der Waals surface area contributed by atoms with Gasteiger partial charge in [-0.25, -0.2) is 0 Å². The van der Waals surface area contributed by atoms with Crippen LogP contribution in [0.2, 0.25) is 0 Å². The first kappa shape index (κ1) is 35.4. The number of rotatable bonds is 11. The van der Waals surface area contributed by atoms with Crippen molar-refractivity contribution in [2.75, 3.05) is 19.8 Å². The predicted octanol–water partition coefficient (Wildman–Crippen LogP) is -0.720. The predicted molar refractivity (Wildman–Crippen MR) is 134 cm³/mol. The molecule has 0 spiro atoms. The van der Waals surface area contributed by atoms with E-state index in [0.29, 0.717) is 0 Å². The highest BCUT2D eigenvalue weighted by Crippen LogP contribution is 2.33. The minimum absolute atomic E-state index is 0.290. The maximum absolute atomic E-state index is 12.2. The van der Waals surface area contributed by atoms with Crippen molar-refractivity contribution < 1.29 is 80.9 Å². The first-order valence-corrected chi connectivity index (χ1v) is 13.1. The van der Waals surface area contributed by atoms with Gasteiger partial charge in [0.1, 0.15) is 31.5 Å². The van der Waals surface area contributed by atoms with Crippen LogP contribution in [-0.4, -0.2) is 117 Å². The molecule has 0 N–H and O–H groups in total. The summed E-state index contributed by atoms with van der Waals surface area (Å²) in [6.45, 7) is 6.37. The van der Waals surface area contributed by atoms with Gasteiger partial charge in [-0.1, -0.05) is 0 Å². The van der Waals surface area contributed by atoms with E-state index in [1.807, 2.05) is 0 Å². The van der Waals surface area contributed by atoms with Crippen LogP contribution in [0.1, 0.15) is 48.5 Å². The van der Waals surface area contributed by atoms with Crippen LogP contribution in [0.4, 0.5) is 0 Å². The fraction of sp³-hybridized carbons (Fsp3) is 0.731. The van der Waals surface area contributed by atoms with Crippen molar-refractivity contribution in [2.45, 2.75) is 104 Å². The van der Waals surface area contributed by atoms with Crippen LogP contribution in [0.15, 0.2) is 0 Å². The molecule has 2 aliphatic heterocycles. The Bertz CT molecular complexity index is 1060. The molecule has 2 rings (SSSR count). The molecule has 0 aromatic heterocycles. The van der Waals surface area contributed by atoms with Crippen LogP contribution in [0, 0.1) is 0 Å². The van der Waals surface area contributed by atoms with Gasteiger partial charge in [0.15, 0.2) is 36.8 Å². The molecule has 0 radical (unpaired) electrons. The quantitative estimate of drug-likeness (QED) is 0.206. The Morgan fingerprint density at radius 1 is 0.512 bits per heavy atom. The molecular formula is C26H36O17. The Hall–Kier alpha value is -3.83. The Kier molecular flexibility index (Phi) is 13.3. The van der Waals surface area contributed by atoms with Crippen molar-refractivity contribution >= 4 is 41.8 Å². The lowest BCUT2D eigenvalue weighted by atomic mass is 9.96. The molecule has 242 valence electrons. The fourth-order valence-electron chi connectivity index (χ4n) is 4.44. The summed E-state index contributed by atoms with van der Waals surface area (Å²) in [5.74, 6) is -5.53. The second-order valence-electron chi connectivity index (χ2n) is 9.56. The lowest BCUT2D eigenvalue weighted by Crippen LogP contribution is -2.66. The third kappa shape index (κ3) is 11.1. The number of esters is 7. The number of carbonyl (C=O) groups excluding carboxylic acids is 7. The second-order valence-corrected chi connectivity index (χ2v) is 9.56. The molecule has 17 heteroatoms. The molecule has 0 bridgehead atoms. The van der Waals surface area contributed by atoms with Gasteiger partial charge in [-0.15, -0.1) is 0 Å². The lowest BCUT2D eigenvalue weighted by Gasteiger charge is -2.47. The van der Waals surface area contributed by atoms with Gasteiger partial charge in [0.25, 0.3) is 0 Å². The molecule has 2 aliphatic rings. The summed E-state index contributed by atoms with van der Waals surface area (Å²) in [6.07, 6.45) is -12.9. The van der Waals surface area contributed by atoms with Crippen LogP contribution < -0.4 is 0 Å². The normalized spacial score (nSPS) is 30.2. The van der Waals surface area contributed by atoms with Gasteiger partial charge >= 0.3 is 41.8 Å². The van der Waals surface area contributed by atoms with Crippen molar-refractivity contribution in [2.24, 2.45) is 0 Å². The summed E-state index contributed by atoms with van der Waals surface area (Å²) in [7, 11) is 0. The van der Waals surface area contributed by atoms with E-state index in [0.717, 1.165) is 48.5 Å². The fourth-order valence-corrected chi connectivity index (χ4v) is 4.44. The topological polar surface area (TPSA) is 212 Å². The SMILES string of the molecule is CC(=O)OCC1O[C@@H](O[C@@H]2C(COC(C)=O)OC[C@@H](OC(C)=O)C2OC(C)=O)C(OC(C)=O)C(OC(C)=O)[C@@H]1OC(C)=O. The molecule has 0 aliphatic carbocycles. The number of ether oxygens (including phenoxy) is 10. The summed E-state index contributed by atoms with van der Waals surface area (Å²) in [4.78, 5) is 83.3. The Labute approximate surface area is 246 Å². The third-order valence-electron chi connectivity index (χ3n) is 5.84. The molecule has 2 fully saturated rings. The molecule has 43 heavy (non-hydrogen) atoms. The van der Waals surface area contributed by atoms with Gasteiger partial charge in [0.2, 0.25) is 0 Å². The average Bonchev–Trinajstić information content (AvgIpc) is 2.86. The first-order valence-electron chi connectivity index (χ1n) is 13.1. The van der Waals surface area contributed by atoms with E-state index in [2.05, 4.69) is 0 Å². The zero-order chi connectivity index (χ0) is 32.4. The van der Waals surface area contributed by atoms with Crippen LogP contribution in [0.25, 0.3) is 0 Å². The number of carbonyl (C=O) groups is 7. The Morgan fingerprint density at radius 2 is 0.953 bits per heavy atom. The van der Waals surface area contributed by atoms with E-state index in [1.165, 1.54) is 0 Å². The molecule has 5 unspecified atom stereocenters. The molecule has 0 amide bonds. The van der Waals surface area contributed by atoms with Gasteiger partial charge in [-0.2, -0.15) is 0 Å². The highest BCUT2D eigenvalue weighted by molar-refractivity contribution is 5.69. The lowest BCUT2D eigenvalue weighted by molar-refractivity contribution is -0.340. The van der Waals surface area contributed by atoms with Gasteiger partial charge in [0.05, 0.1) is 6.61 Å². The second kappa shape index (κ2) is 16.1. The molecule has 2 heterocycles. The maximum Gasteiger partial charge on any atom is 0.303 e. The highest BCUT2D eigenvalue weighted by Gasteiger charge is 2.56. The average molecular weight is 621 g/mol. The minimum atomic E-state index is -1.71. The van der Waals surface area contributed by atoms with Gasteiger partial charge in [-0.3, -0.25) is 33.6 Å². The standard InChI is InChI=1S/C26H36O17/c1-11(27)34-8-18-21(22(38-14(4)30)19(10-36-18)37-13(3)29)43-26-25(41-17(7)33)24(40-16(6)32)23(39-15(5)31)20(42-26)9-35-12(2)28/h18-26H,8-10H2,1-7H3/t18?,19-,20?,21-,22?,23-,24?,25?,26+/m1/s1. The van der Waals surface area contributed by atoms with Crippen molar-refractivity contribution in [3.05, 3.63) is 0 Å². The smallest absolute Gasteiger partial charge is 0.303 e. The largest absolute Gasteiger partial charge is 0.463 e. The van der Waals surface area contributed by atoms with E-state index in [1.54, 1.807) is 0 Å². The monoisotopic (exact) mass is 620 g/mol. The molecular weight excluding hydrogens is 584 g/mol. The molecule has 0 aromatic rings. The van der Waals surface area contributed by atoms with Crippen molar-refractivity contribution in [1.29, 1.82) is 0 Å². The number of hydrogen-bond acceptors (Lipinski definition) is 17. The summed E-state index contributed by atoms with van der Waals surface area (Å²) in [6, 6.07) is 0. The Morgan fingerprint density at radius 3 is 1.44 bits per heavy atom. The maximum atomic E-state index is 12.2. The van der Waals surface area contributed by atoms with Crippen LogP contribution >= 0.6 is 0 Å². The minimum Gasteiger partial charge on any atom is -0.463 e. The van der Waals surface area contributed by atoms with E-state index < -0.39 is 110 Å². The van der Waals surface area contributed by atoms with Crippen LogP contribution in [-0.2, 0) is 80.9 Å². The van der Waals surface area contributed by atoms with E-state index in [-0.39, 0.29) is 6.61 Å². The first-order chi connectivity index (χ1) is 20.1. The Balaban J connectivity index is 2.62. The molecule has 2 saturated heterocycles. The van der Waals surface area contributed by atoms with Gasteiger partial charge in [-0.05, 0) is 0 Å². The van der Waals surface area contributed by atoms with Gasteiger partial charge in [0, 0.05) is 48.5 Å². The molecule has 17 nitrogen and oxygen atoms in total. The van der Waals surface area contributed by atoms with Crippen molar-refractivity contribution in [3.8, 4) is 0 Å². The molecule has 0 saturated carbocycles. The van der Waals surface area contributed by atoms with E-state index in [9.17, 15) is 33.6 Å². The highest BCUT2D eigenvalue weighted by atomic mass is 16.8. The van der Waals surface area contributed by atoms with Gasteiger partial charge < -0.3 is 47.4 Å². The molecule has 9 atom stereocenters. The summed E-state index contributed by atoms with van der Waals surface area (Å²) >= 11 is 0. The zero-order valence-corrected chi connectivity index (χ0v) is 24.8. The van der Waals surface area contributed by atoms with Crippen LogP contribution in [0.3, 0.4) is 0 Å². The zero-order valence-electron chi connectivity index (χ0n) is 24.8.